The summed E-state index contributed by atoms with van der Waals surface area (Å²) in [5.41, 5.74) is 7.51. The first-order chi connectivity index (χ1) is 7.69. The van der Waals surface area contributed by atoms with Gasteiger partial charge in [0.25, 0.3) is 0 Å². The van der Waals surface area contributed by atoms with Crippen LogP contribution in [0.4, 0.5) is 5.13 Å². The lowest BCUT2D eigenvalue weighted by Gasteiger charge is -2.05. The Labute approximate surface area is 97.3 Å². The van der Waals surface area contributed by atoms with Gasteiger partial charge in [-0.2, -0.15) is 0 Å². The van der Waals surface area contributed by atoms with E-state index >= 15 is 0 Å². The van der Waals surface area contributed by atoms with Gasteiger partial charge in [0.05, 0.1) is 12.8 Å². The van der Waals surface area contributed by atoms with Crippen molar-refractivity contribution in [3.63, 3.8) is 0 Å². The van der Waals surface area contributed by atoms with E-state index in [0.717, 1.165) is 11.3 Å². The molecule has 0 unspecified atom stereocenters. The second-order valence-electron chi connectivity index (χ2n) is 3.36. The van der Waals surface area contributed by atoms with E-state index < -0.39 is 0 Å². The summed E-state index contributed by atoms with van der Waals surface area (Å²) >= 11 is 1.42. The number of rotatable bonds is 3. The van der Waals surface area contributed by atoms with E-state index in [4.69, 9.17) is 10.5 Å². The Balaban J connectivity index is 2.21. The first kappa shape index (κ1) is 10.8. The van der Waals surface area contributed by atoms with E-state index in [0.29, 0.717) is 17.3 Å². The number of aromatic hydroxyl groups is 1. The number of benzene rings is 1. The highest BCUT2D eigenvalue weighted by atomic mass is 32.1. The molecule has 0 amide bonds. The summed E-state index contributed by atoms with van der Waals surface area (Å²) in [6.45, 7) is 0. The van der Waals surface area contributed by atoms with Crippen molar-refractivity contribution in [2.45, 2.75) is 6.42 Å². The third kappa shape index (κ3) is 2.25. The summed E-state index contributed by atoms with van der Waals surface area (Å²) in [4.78, 5) is 4.18. The number of anilines is 1. The van der Waals surface area contributed by atoms with Crippen molar-refractivity contribution in [1.29, 1.82) is 0 Å². The molecule has 0 atom stereocenters. The van der Waals surface area contributed by atoms with Crippen molar-refractivity contribution in [3.05, 3.63) is 34.8 Å². The second-order valence-corrected chi connectivity index (χ2v) is 4.25. The molecule has 0 spiro atoms. The summed E-state index contributed by atoms with van der Waals surface area (Å²) < 4.78 is 5.04. The molecule has 2 aromatic rings. The number of methoxy groups -OCH3 is 1. The zero-order chi connectivity index (χ0) is 11.5. The second kappa shape index (κ2) is 4.40. The van der Waals surface area contributed by atoms with Crippen LogP contribution in [0.5, 0.6) is 11.5 Å². The van der Waals surface area contributed by atoms with Crippen LogP contribution in [0.1, 0.15) is 11.3 Å². The van der Waals surface area contributed by atoms with Crippen LogP contribution in [-0.4, -0.2) is 17.2 Å². The van der Waals surface area contributed by atoms with E-state index in [1.54, 1.807) is 12.1 Å². The zero-order valence-corrected chi connectivity index (χ0v) is 9.62. The number of hydrogen-bond acceptors (Lipinski definition) is 5. The van der Waals surface area contributed by atoms with Crippen LogP contribution in [0.2, 0.25) is 0 Å². The highest BCUT2D eigenvalue weighted by Crippen LogP contribution is 2.27. The maximum Gasteiger partial charge on any atom is 0.180 e. The van der Waals surface area contributed by atoms with Crippen molar-refractivity contribution < 1.29 is 9.84 Å². The normalized spacial score (nSPS) is 10.3. The average molecular weight is 236 g/mol. The topological polar surface area (TPSA) is 68.4 Å². The van der Waals surface area contributed by atoms with Gasteiger partial charge in [-0.25, -0.2) is 4.98 Å². The van der Waals surface area contributed by atoms with Gasteiger partial charge in [0, 0.05) is 11.8 Å². The quantitative estimate of drug-likeness (QED) is 0.855. The van der Waals surface area contributed by atoms with Crippen LogP contribution in [0.3, 0.4) is 0 Å². The Bertz CT molecular complexity index is 496. The van der Waals surface area contributed by atoms with Crippen LogP contribution < -0.4 is 10.5 Å². The Hall–Kier alpha value is -1.75. The SMILES string of the molecule is COc1cc(Cc2csc(N)n2)ccc1O. The highest BCUT2D eigenvalue weighted by Gasteiger charge is 2.05. The molecule has 1 heterocycles. The van der Waals surface area contributed by atoms with Crippen LogP contribution >= 0.6 is 11.3 Å². The minimum absolute atomic E-state index is 0.143. The molecule has 0 saturated heterocycles. The van der Waals surface area contributed by atoms with Crippen molar-refractivity contribution in [2.75, 3.05) is 12.8 Å². The maximum absolute atomic E-state index is 9.45. The van der Waals surface area contributed by atoms with Crippen LogP contribution in [0, 0.1) is 0 Å². The monoisotopic (exact) mass is 236 g/mol. The largest absolute Gasteiger partial charge is 0.504 e. The van der Waals surface area contributed by atoms with E-state index in [-0.39, 0.29) is 5.75 Å². The first-order valence-corrected chi connectivity index (χ1v) is 5.63. The average Bonchev–Trinajstić information content (AvgIpc) is 2.67. The number of nitrogens with two attached hydrogens (primary N) is 1. The molecule has 0 fully saturated rings. The zero-order valence-electron chi connectivity index (χ0n) is 8.80. The van der Waals surface area contributed by atoms with Gasteiger partial charge < -0.3 is 15.6 Å². The number of thiazole rings is 1. The lowest BCUT2D eigenvalue weighted by Crippen LogP contribution is -1.91. The van der Waals surface area contributed by atoms with Crippen molar-refractivity contribution >= 4 is 16.5 Å². The standard InChI is InChI=1S/C11H12N2O2S/c1-15-10-5-7(2-3-9(10)14)4-8-6-16-11(12)13-8/h2-3,5-6,14H,4H2,1H3,(H2,12,13). The lowest BCUT2D eigenvalue weighted by molar-refractivity contribution is 0.373. The van der Waals surface area contributed by atoms with Crippen molar-refractivity contribution in [2.24, 2.45) is 0 Å². The molecule has 84 valence electrons. The molecular formula is C11H12N2O2S. The van der Waals surface area contributed by atoms with Gasteiger partial charge in [-0.05, 0) is 17.7 Å². The van der Waals surface area contributed by atoms with E-state index in [1.165, 1.54) is 18.4 Å². The number of aromatic nitrogens is 1. The molecule has 0 bridgehead atoms. The summed E-state index contributed by atoms with van der Waals surface area (Å²) in [6, 6.07) is 5.25. The first-order valence-electron chi connectivity index (χ1n) is 4.75. The molecule has 16 heavy (non-hydrogen) atoms. The Morgan fingerprint density at radius 1 is 1.50 bits per heavy atom. The molecule has 1 aromatic carbocycles. The van der Waals surface area contributed by atoms with Crippen LogP contribution in [0.15, 0.2) is 23.6 Å². The predicted octanol–water partition coefficient (Wildman–Crippen LogP) is 2.03. The van der Waals surface area contributed by atoms with Crippen LogP contribution in [0.25, 0.3) is 0 Å². The summed E-state index contributed by atoms with van der Waals surface area (Å²) in [6.07, 6.45) is 0.685. The van der Waals surface area contributed by atoms with Crippen LogP contribution in [-0.2, 0) is 6.42 Å². The molecule has 2 rings (SSSR count). The van der Waals surface area contributed by atoms with Gasteiger partial charge in [0.2, 0.25) is 0 Å². The van der Waals surface area contributed by atoms with E-state index in [9.17, 15) is 5.11 Å². The number of nitrogens with zero attached hydrogens (tertiary/aromatic N) is 1. The minimum atomic E-state index is 0.143. The highest BCUT2D eigenvalue weighted by molar-refractivity contribution is 7.13. The Morgan fingerprint density at radius 3 is 2.94 bits per heavy atom. The van der Waals surface area contributed by atoms with Crippen molar-refractivity contribution in [3.8, 4) is 11.5 Å². The molecule has 0 aliphatic rings. The van der Waals surface area contributed by atoms with Gasteiger partial charge >= 0.3 is 0 Å². The molecule has 0 radical (unpaired) electrons. The van der Waals surface area contributed by atoms with E-state index in [1.807, 2.05) is 11.4 Å². The smallest absolute Gasteiger partial charge is 0.180 e. The van der Waals surface area contributed by atoms with Gasteiger partial charge in [-0.15, -0.1) is 11.3 Å². The van der Waals surface area contributed by atoms with Gasteiger partial charge in [-0.3, -0.25) is 0 Å². The van der Waals surface area contributed by atoms with Gasteiger partial charge in [0.1, 0.15) is 0 Å². The molecule has 0 aliphatic heterocycles. The molecular weight excluding hydrogens is 224 g/mol. The fourth-order valence-corrected chi connectivity index (χ4v) is 2.01. The number of hydrogen-bond donors (Lipinski definition) is 2. The number of phenolic OH excluding ortho intramolecular Hbond substituents is 1. The van der Waals surface area contributed by atoms with Gasteiger partial charge in [-0.1, -0.05) is 6.07 Å². The Morgan fingerprint density at radius 2 is 2.31 bits per heavy atom. The predicted molar refractivity (Wildman–Crippen MR) is 64.0 cm³/mol. The van der Waals surface area contributed by atoms with E-state index in [2.05, 4.69) is 4.98 Å². The summed E-state index contributed by atoms with van der Waals surface area (Å²) in [5, 5.41) is 11.9. The Kier molecular flexibility index (Phi) is 2.96. The van der Waals surface area contributed by atoms with Crippen molar-refractivity contribution in [1.82, 2.24) is 4.98 Å². The van der Waals surface area contributed by atoms with Gasteiger partial charge in [0.15, 0.2) is 16.6 Å². The lowest BCUT2D eigenvalue weighted by atomic mass is 10.1. The molecule has 0 saturated carbocycles. The molecule has 0 aliphatic carbocycles. The molecule has 4 nitrogen and oxygen atoms in total. The maximum atomic E-state index is 9.45. The fourth-order valence-electron chi connectivity index (χ4n) is 1.44. The number of phenols is 1. The third-order valence-electron chi connectivity index (χ3n) is 2.20. The molecule has 1 aromatic heterocycles. The summed E-state index contributed by atoms with van der Waals surface area (Å²) in [7, 11) is 1.53. The molecule has 3 N–H and O–H groups in total. The minimum Gasteiger partial charge on any atom is -0.504 e. The number of nitrogen functional groups attached to an aromatic ring is 1. The number of ether oxygens (including phenoxy) is 1. The third-order valence-corrected chi connectivity index (χ3v) is 2.92. The molecule has 5 heteroatoms. The fraction of sp³-hybridized carbons (Fsp3) is 0.182. The summed E-state index contributed by atoms with van der Waals surface area (Å²) in [5.74, 6) is 0.616.